The molecule has 2 nitrogen and oxygen atoms in total. The summed E-state index contributed by atoms with van der Waals surface area (Å²) in [5.41, 5.74) is 0. The summed E-state index contributed by atoms with van der Waals surface area (Å²) >= 11 is 7.19. The van der Waals surface area contributed by atoms with Gasteiger partial charge in [0.25, 0.3) is 0 Å². The predicted molar refractivity (Wildman–Crippen MR) is 113 cm³/mol. The minimum absolute atomic E-state index is 0.0649. The van der Waals surface area contributed by atoms with E-state index in [0.717, 1.165) is 14.7 Å². The SMILES string of the molecule is Brc1ccccc1[Se]O[Se]c1ccccc1Br.COc1ccccc1. The van der Waals surface area contributed by atoms with Gasteiger partial charge in [0.15, 0.2) is 0 Å². The summed E-state index contributed by atoms with van der Waals surface area (Å²) in [5, 5.41) is 0. The Bertz CT molecular complexity index is 725. The van der Waals surface area contributed by atoms with Gasteiger partial charge in [-0.1, -0.05) is 18.2 Å². The number of hydrogen-bond donors (Lipinski definition) is 0. The molecule has 6 heteroatoms. The van der Waals surface area contributed by atoms with Crippen molar-refractivity contribution in [1.29, 1.82) is 0 Å². The van der Waals surface area contributed by atoms with E-state index in [1.54, 1.807) is 7.11 Å². The molecule has 3 rings (SSSR count). The van der Waals surface area contributed by atoms with Crippen LogP contribution in [0.3, 0.4) is 0 Å². The van der Waals surface area contributed by atoms with Crippen molar-refractivity contribution in [2.75, 3.05) is 7.11 Å². The van der Waals surface area contributed by atoms with Crippen LogP contribution in [0.4, 0.5) is 0 Å². The average molecular weight is 594 g/mol. The number of para-hydroxylation sites is 1. The summed E-state index contributed by atoms with van der Waals surface area (Å²) in [7, 11) is 1.66. The molecule has 0 aliphatic carbocycles. The van der Waals surface area contributed by atoms with Crippen molar-refractivity contribution < 1.29 is 7.64 Å². The van der Waals surface area contributed by atoms with Gasteiger partial charge in [0, 0.05) is 0 Å². The Hall–Kier alpha value is -0.581. The van der Waals surface area contributed by atoms with Gasteiger partial charge in [-0.05, 0) is 12.1 Å². The number of ether oxygens (including phenoxy) is 1. The molecular weight excluding hydrogens is 578 g/mol. The van der Waals surface area contributed by atoms with Crippen molar-refractivity contribution in [2.24, 2.45) is 0 Å². The fraction of sp³-hybridized carbons (Fsp3) is 0.0526. The second-order valence-electron chi connectivity index (χ2n) is 4.61. The van der Waals surface area contributed by atoms with Crippen LogP contribution in [0.25, 0.3) is 0 Å². The Morgan fingerprint density at radius 1 is 0.640 bits per heavy atom. The topological polar surface area (TPSA) is 18.5 Å². The first kappa shape index (κ1) is 20.7. The zero-order chi connectivity index (χ0) is 17.9. The van der Waals surface area contributed by atoms with Gasteiger partial charge in [0.05, 0.1) is 7.11 Å². The van der Waals surface area contributed by atoms with Gasteiger partial charge >= 0.3 is 132 Å². The maximum atomic E-state index is 5.83. The number of benzene rings is 3. The van der Waals surface area contributed by atoms with Crippen LogP contribution >= 0.6 is 31.9 Å². The molecule has 0 aliphatic heterocycles. The number of methoxy groups -OCH3 is 1. The van der Waals surface area contributed by atoms with Crippen LogP contribution in [-0.4, -0.2) is 37.7 Å². The predicted octanol–water partition coefficient (Wildman–Crippen LogP) is 4.11. The Morgan fingerprint density at radius 2 is 1.08 bits per heavy atom. The molecule has 0 fully saturated rings. The molecule has 0 atom stereocenters. The molecule has 0 N–H and O–H groups in total. The zero-order valence-electron chi connectivity index (χ0n) is 13.4. The van der Waals surface area contributed by atoms with Crippen molar-refractivity contribution in [1.82, 2.24) is 0 Å². The Kier molecular flexibility index (Phi) is 9.89. The summed E-state index contributed by atoms with van der Waals surface area (Å²) in [5.74, 6) is 0.910. The van der Waals surface area contributed by atoms with Gasteiger partial charge in [-0.15, -0.1) is 0 Å². The summed E-state index contributed by atoms with van der Waals surface area (Å²) < 4.78 is 15.5. The van der Waals surface area contributed by atoms with Gasteiger partial charge in [0.1, 0.15) is 5.75 Å². The molecule has 0 saturated carbocycles. The molecule has 3 aromatic carbocycles. The van der Waals surface area contributed by atoms with E-state index >= 15 is 0 Å². The van der Waals surface area contributed by atoms with Crippen molar-refractivity contribution in [3.63, 3.8) is 0 Å². The Balaban J connectivity index is 0.000000236. The summed E-state index contributed by atoms with van der Waals surface area (Å²) in [6, 6.07) is 26.1. The monoisotopic (exact) mass is 594 g/mol. The first-order chi connectivity index (χ1) is 12.2. The molecule has 0 saturated heterocycles. The van der Waals surface area contributed by atoms with Gasteiger partial charge < -0.3 is 4.74 Å². The average Bonchev–Trinajstić information content (AvgIpc) is 2.66. The molecule has 0 unspecified atom stereocenters. The van der Waals surface area contributed by atoms with Gasteiger partial charge in [-0.3, -0.25) is 0 Å². The molecule has 0 amide bonds. The molecule has 0 spiro atoms. The van der Waals surface area contributed by atoms with Crippen molar-refractivity contribution in [3.05, 3.63) is 87.8 Å². The smallest absolute Gasteiger partial charge is 0.118 e. The van der Waals surface area contributed by atoms with Crippen LogP contribution in [0.5, 0.6) is 5.75 Å². The molecule has 0 bridgehead atoms. The van der Waals surface area contributed by atoms with Crippen LogP contribution in [0.1, 0.15) is 0 Å². The summed E-state index contributed by atoms with van der Waals surface area (Å²) in [6.07, 6.45) is 0. The zero-order valence-corrected chi connectivity index (χ0v) is 20.0. The van der Waals surface area contributed by atoms with Crippen molar-refractivity contribution >= 4 is 71.4 Å². The fourth-order valence-electron chi connectivity index (χ4n) is 1.67. The second-order valence-corrected chi connectivity index (χ2v) is 10.6. The third kappa shape index (κ3) is 7.67. The maximum absolute atomic E-state index is 5.83. The number of hydrogen-bond acceptors (Lipinski definition) is 2. The first-order valence-electron chi connectivity index (χ1n) is 7.30. The van der Waals surface area contributed by atoms with E-state index in [0.29, 0.717) is 0 Å². The van der Waals surface area contributed by atoms with Crippen LogP contribution in [0, 0.1) is 0 Å². The van der Waals surface area contributed by atoms with Crippen LogP contribution in [0.15, 0.2) is 87.8 Å². The van der Waals surface area contributed by atoms with Crippen LogP contribution in [0.2, 0.25) is 0 Å². The fourth-order valence-corrected chi connectivity index (χ4v) is 6.46. The van der Waals surface area contributed by atoms with E-state index in [1.807, 2.05) is 66.7 Å². The molecule has 0 radical (unpaired) electrons. The van der Waals surface area contributed by atoms with Gasteiger partial charge in [-0.2, -0.15) is 0 Å². The first-order valence-corrected chi connectivity index (χ1v) is 12.0. The molecule has 3 aromatic rings. The summed E-state index contributed by atoms with van der Waals surface area (Å²) in [6.45, 7) is 0. The van der Waals surface area contributed by atoms with Crippen LogP contribution < -0.4 is 13.7 Å². The third-order valence-electron chi connectivity index (χ3n) is 2.90. The van der Waals surface area contributed by atoms with E-state index in [9.17, 15) is 0 Å². The second kappa shape index (κ2) is 11.9. The third-order valence-corrected chi connectivity index (χ3v) is 9.48. The normalized spacial score (nSPS) is 9.88. The van der Waals surface area contributed by atoms with Crippen LogP contribution in [-0.2, 0) is 2.90 Å². The minimum Gasteiger partial charge on any atom is -0.497 e. The van der Waals surface area contributed by atoms with Gasteiger partial charge in [0.2, 0.25) is 0 Å². The largest absolute Gasteiger partial charge is 0.497 e. The summed E-state index contributed by atoms with van der Waals surface area (Å²) in [4.78, 5) is 0. The van der Waals surface area contributed by atoms with E-state index < -0.39 is 0 Å². The Labute approximate surface area is 178 Å². The minimum atomic E-state index is 0.0649. The molecule has 130 valence electrons. The molecule has 25 heavy (non-hydrogen) atoms. The van der Waals surface area contributed by atoms with E-state index in [1.165, 1.54) is 8.92 Å². The Morgan fingerprint density at radius 3 is 1.48 bits per heavy atom. The van der Waals surface area contributed by atoms with Crippen molar-refractivity contribution in [2.45, 2.75) is 0 Å². The molecule has 0 heterocycles. The van der Waals surface area contributed by atoms with Gasteiger partial charge in [-0.25, -0.2) is 0 Å². The maximum Gasteiger partial charge on any atom is 0.118 e. The number of halogens is 2. The number of rotatable bonds is 5. The quantitative estimate of drug-likeness (QED) is 0.415. The van der Waals surface area contributed by atoms with E-state index in [4.69, 9.17) is 7.64 Å². The standard InChI is InChI=1S/C12H8Br2OSe2.C7H8O/c13-9-5-1-3-7-11(9)16-15-17-12-8-4-2-6-10(12)14;1-8-7-5-3-2-4-6-7/h1-8H;2-6H,1H3. The van der Waals surface area contributed by atoms with E-state index in [-0.39, 0.29) is 30.6 Å². The molecular formula is C19H16Br2O2Se2. The molecule has 0 aromatic heterocycles. The van der Waals surface area contributed by atoms with E-state index in [2.05, 4.69) is 44.0 Å². The molecule has 0 aliphatic rings. The van der Waals surface area contributed by atoms with Crippen molar-refractivity contribution in [3.8, 4) is 5.75 Å².